The van der Waals surface area contributed by atoms with Gasteiger partial charge in [0.15, 0.2) is 0 Å². The lowest BCUT2D eigenvalue weighted by Gasteiger charge is -2.51. The highest BCUT2D eigenvalue weighted by molar-refractivity contribution is 4.98. The van der Waals surface area contributed by atoms with Crippen LogP contribution in [-0.2, 0) is 4.74 Å². The zero-order valence-electron chi connectivity index (χ0n) is 7.42. The van der Waals surface area contributed by atoms with Crippen LogP contribution < -0.4 is 0 Å². The van der Waals surface area contributed by atoms with E-state index in [9.17, 15) is 0 Å². The minimum atomic E-state index is 0.533. The summed E-state index contributed by atoms with van der Waals surface area (Å²) in [6.45, 7) is 1.26. The first kappa shape index (κ1) is 7.56. The molecule has 0 aromatic rings. The number of ether oxygens (including phenoxy) is 1. The van der Waals surface area contributed by atoms with Crippen molar-refractivity contribution in [2.45, 2.75) is 31.4 Å². The molecule has 2 heteroatoms. The van der Waals surface area contributed by atoms with Crippen LogP contribution in [0, 0.1) is 5.92 Å². The summed E-state index contributed by atoms with van der Waals surface area (Å²) < 4.78 is 5.38. The molecular formula is C9H17NO. The lowest BCUT2D eigenvalue weighted by molar-refractivity contribution is -0.102. The number of hydrogen-bond donors (Lipinski definition) is 0. The summed E-state index contributed by atoms with van der Waals surface area (Å²) in [5.41, 5.74) is 0. The molecule has 3 atom stereocenters. The fourth-order valence-corrected chi connectivity index (χ4v) is 2.60. The fourth-order valence-electron chi connectivity index (χ4n) is 2.60. The predicted molar refractivity (Wildman–Crippen MR) is 44.6 cm³/mol. The molecular weight excluding hydrogens is 138 g/mol. The third-order valence-corrected chi connectivity index (χ3v) is 3.30. The average Bonchev–Trinajstić information content (AvgIpc) is 1.93. The van der Waals surface area contributed by atoms with Crippen LogP contribution in [0.3, 0.4) is 0 Å². The molecule has 1 saturated heterocycles. The summed E-state index contributed by atoms with van der Waals surface area (Å²) in [6, 6.07) is 0.744. The molecule has 2 rings (SSSR count). The first-order chi connectivity index (χ1) is 5.33. The van der Waals surface area contributed by atoms with E-state index in [4.69, 9.17) is 4.74 Å². The molecule has 2 fully saturated rings. The van der Waals surface area contributed by atoms with E-state index in [-0.39, 0.29) is 0 Å². The van der Waals surface area contributed by atoms with Gasteiger partial charge in [-0.15, -0.1) is 0 Å². The Kier molecular flexibility index (Phi) is 1.90. The van der Waals surface area contributed by atoms with E-state index in [0.29, 0.717) is 6.10 Å². The summed E-state index contributed by atoms with van der Waals surface area (Å²) in [5, 5.41) is 0. The van der Waals surface area contributed by atoms with Gasteiger partial charge in [0.2, 0.25) is 0 Å². The van der Waals surface area contributed by atoms with Crippen LogP contribution in [0.1, 0.15) is 19.3 Å². The molecule has 64 valence electrons. The molecule has 0 N–H and O–H groups in total. The summed E-state index contributed by atoms with van der Waals surface area (Å²) >= 11 is 0. The van der Waals surface area contributed by atoms with Crippen LogP contribution in [0.2, 0.25) is 0 Å². The fraction of sp³-hybridized carbons (Fsp3) is 1.00. The number of nitrogens with zero attached hydrogens (tertiary/aromatic N) is 1. The van der Waals surface area contributed by atoms with E-state index >= 15 is 0 Å². The number of likely N-dealkylation sites (N-methyl/N-ethyl adjacent to an activating group) is 1. The Labute approximate surface area is 68.5 Å². The minimum absolute atomic E-state index is 0.533. The Morgan fingerprint density at radius 3 is 2.91 bits per heavy atom. The van der Waals surface area contributed by atoms with Gasteiger partial charge in [0, 0.05) is 13.2 Å². The summed E-state index contributed by atoms with van der Waals surface area (Å²) in [5.74, 6) is 0.943. The molecule has 1 heterocycles. The van der Waals surface area contributed by atoms with Crippen molar-refractivity contribution in [3.8, 4) is 0 Å². The van der Waals surface area contributed by atoms with Gasteiger partial charge in [0.1, 0.15) is 0 Å². The van der Waals surface area contributed by atoms with Gasteiger partial charge in [-0.05, 0) is 38.8 Å². The van der Waals surface area contributed by atoms with Crippen LogP contribution in [-0.4, -0.2) is 37.7 Å². The van der Waals surface area contributed by atoms with Gasteiger partial charge in [-0.2, -0.15) is 0 Å². The van der Waals surface area contributed by atoms with E-state index in [1.54, 1.807) is 0 Å². The van der Waals surface area contributed by atoms with E-state index in [1.165, 1.54) is 25.8 Å². The molecule has 2 nitrogen and oxygen atoms in total. The minimum Gasteiger partial charge on any atom is -0.380 e. The van der Waals surface area contributed by atoms with Crippen molar-refractivity contribution >= 4 is 0 Å². The zero-order chi connectivity index (χ0) is 7.84. The monoisotopic (exact) mass is 155 g/mol. The number of rotatable bonds is 1. The second kappa shape index (κ2) is 2.76. The highest BCUT2D eigenvalue weighted by Gasteiger charge is 2.44. The van der Waals surface area contributed by atoms with E-state index in [0.717, 1.165) is 12.0 Å². The van der Waals surface area contributed by atoms with E-state index in [2.05, 4.69) is 11.9 Å². The van der Waals surface area contributed by atoms with Crippen LogP contribution in [0.25, 0.3) is 0 Å². The molecule has 0 bridgehead atoms. The Morgan fingerprint density at radius 2 is 2.27 bits per heavy atom. The number of likely N-dealkylation sites (tertiary alicyclic amines) is 1. The normalized spacial score (nSPS) is 44.7. The maximum absolute atomic E-state index is 5.38. The molecule has 11 heavy (non-hydrogen) atoms. The SMILES string of the molecule is COC1C[C@@H]2CCCN(C)[C@H]12. The number of methoxy groups -OCH3 is 1. The second-order valence-electron chi connectivity index (χ2n) is 3.88. The molecule has 1 aliphatic carbocycles. The Bertz CT molecular complexity index is 138. The summed E-state index contributed by atoms with van der Waals surface area (Å²) in [4.78, 5) is 2.46. The van der Waals surface area contributed by atoms with Crippen molar-refractivity contribution in [1.29, 1.82) is 0 Å². The van der Waals surface area contributed by atoms with Gasteiger partial charge >= 0.3 is 0 Å². The van der Waals surface area contributed by atoms with Crippen LogP contribution >= 0.6 is 0 Å². The Hall–Kier alpha value is -0.0800. The van der Waals surface area contributed by atoms with Crippen molar-refractivity contribution in [2.75, 3.05) is 20.7 Å². The van der Waals surface area contributed by atoms with Crippen LogP contribution in [0.4, 0.5) is 0 Å². The maximum atomic E-state index is 5.38. The molecule has 0 amide bonds. The first-order valence-corrected chi connectivity index (χ1v) is 4.56. The van der Waals surface area contributed by atoms with Crippen molar-refractivity contribution in [2.24, 2.45) is 5.92 Å². The third-order valence-electron chi connectivity index (χ3n) is 3.30. The van der Waals surface area contributed by atoms with Gasteiger partial charge in [-0.1, -0.05) is 0 Å². The quantitative estimate of drug-likeness (QED) is 0.562. The van der Waals surface area contributed by atoms with Crippen LogP contribution in [0.15, 0.2) is 0 Å². The predicted octanol–water partition coefficient (Wildman–Crippen LogP) is 1.12. The zero-order valence-corrected chi connectivity index (χ0v) is 7.42. The Morgan fingerprint density at radius 1 is 1.45 bits per heavy atom. The van der Waals surface area contributed by atoms with Gasteiger partial charge in [0.05, 0.1) is 6.10 Å². The molecule has 0 aromatic heterocycles. The number of hydrogen-bond acceptors (Lipinski definition) is 2. The number of fused-ring (bicyclic) bond motifs is 1. The van der Waals surface area contributed by atoms with Crippen LogP contribution in [0.5, 0.6) is 0 Å². The smallest absolute Gasteiger partial charge is 0.0732 e. The molecule has 0 spiro atoms. The summed E-state index contributed by atoms with van der Waals surface area (Å²) in [7, 11) is 4.06. The van der Waals surface area contributed by atoms with Crippen molar-refractivity contribution in [3.63, 3.8) is 0 Å². The maximum Gasteiger partial charge on any atom is 0.0732 e. The second-order valence-corrected chi connectivity index (χ2v) is 3.88. The van der Waals surface area contributed by atoms with Gasteiger partial charge in [-0.3, -0.25) is 0 Å². The molecule has 1 unspecified atom stereocenters. The molecule has 2 aliphatic rings. The van der Waals surface area contributed by atoms with Gasteiger partial charge in [-0.25, -0.2) is 0 Å². The molecule has 1 aliphatic heterocycles. The topological polar surface area (TPSA) is 12.5 Å². The first-order valence-electron chi connectivity index (χ1n) is 4.56. The standard InChI is InChI=1S/C9H17NO/c1-10-5-3-4-7-6-8(11-2)9(7)10/h7-9H,3-6H2,1-2H3/t7-,8?,9-/m0/s1. The van der Waals surface area contributed by atoms with Crippen molar-refractivity contribution in [1.82, 2.24) is 4.90 Å². The third kappa shape index (κ3) is 1.09. The Balaban J connectivity index is 1.97. The van der Waals surface area contributed by atoms with Crippen molar-refractivity contribution in [3.05, 3.63) is 0 Å². The lowest BCUT2D eigenvalue weighted by atomic mass is 9.71. The lowest BCUT2D eigenvalue weighted by Crippen LogP contribution is -2.59. The molecule has 1 saturated carbocycles. The van der Waals surface area contributed by atoms with E-state index < -0.39 is 0 Å². The average molecular weight is 155 g/mol. The highest BCUT2D eigenvalue weighted by atomic mass is 16.5. The largest absolute Gasteiger partial charge is 0.380 e. The van der Waals surface area contributed by atoms with E-state index in [1.807, 2.05) is 7.11 Å². The van der Waals surface area contributed by atoms with Gasteiger partial charge < -0.3 is 9.64 Å². The highest BCUT2D eigenvalue weighted by Crippen LogP contribution is 2.39. The molecule has 0 radical (unpaired) electrons. The molecule has 0 aromatic carbocycles. The summed E-state index contributed by atoms with van der Waals surface area (Å²) in [6.07, 6.45) is 4.64. The van der Waals surface area contributed by atoms with Gasteiger partial charge in [0.25, 0.3) is 0 Å². The number of piperidine rings is 1. The van der Waals surface area contributed by atoms with Crippen molar-refractivity contribution < 1.29 is 4.74 Å².